The summed E-state index contributed by atoms with van der Waals surface area (Å²) in [5.74, 6) is 0.884. The predicted octanol–water partition coefficient (Wildman–Crippen LogP) is 5.25. The first-order chi connectivity index (χ1) is 7.65. The largest absolute Gasteiger partial charge is 0.378 e. The minimum absolute atomic E-state index is 0.571. The summed E-state index contributed by atoms with van der Waals surface area (Å²) < 4.78 is 0. The molecule has 1 nitrogen and oxygen atoms in total. The van der Waals surface area contributed by atoms with Crippen molar-refractivity contribution in [1.29, 1.82) is 0 Å². The maximum Gasteiger partial charge on any atom is 0.0506 e. The molecule has 16 heavy (non-hydrogen) atoms. The van der Waals surface area contributed by atoms with Crippen molar-refractivity contribution in [3.05, 3.63) is 29.8 Å². The highest BCUT2D eigenvalue weighted by Gasteiger charge is 2.18. The van der Waals surface area contributed by atoms with Gasteiger partial charge >= 0.3 is 0 Å². The Hall–Kier alpha value is -0.980. The maximum absolute atomic E-state index is 3.29. The molecule has 0 aromatic heterocycles. The molecule has 0 fully saturated rings. The van der Waals surface area contributed by atoms with Gasteiger partial charge < -0.3 is 5.32 Å². The molecule has 1 atom stereocenters. The third-order valence-electron chi connectivity index (χ3n) is 2.62. The standard InChI is InChI=1S/C8H9N.C5H12.C2H6/c1-6-7-4-2-3-5-8(7)9-6;1-4-5(2)3;1-2/h2-6,9H,1H3;5H,4H2,1-3H3;1-2H3/t6-;;/m0../s1. The molecule has 0 unspecified atom stereocenters. The van der Waals surface area contributed by atoms with Crippen molar-refractivity contribution >= 4 is 5.69 Å². The average Bonchev–Trinajstić information content (AvgIpc) is 2.31. The third kappa shape index (κ3) is 4.69. The molecule has 92 valence electrons. The van der Waals surface area contributed by atoms with Crippen LogP contribution in [0, 0.1) is 5.92 Å². The first kappa shape index (κ1) is 15.0. The lowest BCUT2D eigenvalue weighted by molar-refractivity contribution is 0.626. The summed E-state index contributed by atoms with van der Waals surface area (Å²) in [5.41, 5.74) is 2.74. The molecule has 1 aromatic rings. The summed E-state index contributed by atoms with van der Waals surface area (Å²) in [5, 5.41) is 3.29. The first-order valence-electron chi connectivity index (χ1n) is 6.50. The number of hydrogen-bond acceptors (Lipinski definition) is 1. The van der Waals surface area contributed by atoms with E-state index in [1.165, 1.54) is 17.7 Å². The van der Waals surface area contributed by atoms with Crippen LogP contribution in [0.25, 0.3) is 0 Å². The summed E-state index contributed by atoms with van der Waals surface area (Å²) in [6.07, 6.45) is 1.31. The van der Waals surface area contributed by atoms with Gasteiger partial charge in [0.25, 0.3) is 0 Å². The number of fused-ring (bicyclic) bond motifs is 1. The number of nitrogens with one attached hydrogen (secondary N) is 1. The second-order valence-electron chi connectivity index (χ2n) is 4.26. The Morgan fingerprint density at radius 2 is 1.69 bits per heavy atom. The molecule has 1 heterocycles. The van der Waals surface area contributed by atoms with Crippen LogP contribution in [0.3, 0.4) is 0 Å². The molecule has 2 rings (SSSR count). The Balaban J connectivity index is 0.000000280. The molecule has 0 bridgehead atoms. The molecule has 0 saturated heterocycles. The number of benzene rings is 1. The molecule has 1 aliphatic rings. The molecular weight excluding hydrogens is 194 g/mol. The van der Waals surface area contributed by atoms with E-state index in [0.717, 1.165) is 5.92 Å². The van der Waals surface area contributed by atoms with Crippen molar-refractivity contribution in [3.8, 4) is 0 Å². The van der Waals surface area contributed by atoms with Crippen molar-refractivity contribution in [2.24, 2.45) is 5.92 Å². The van der Waals surface area contributed by atoms with E-state index in [1.54, 1.807) is 0 Å². The predicted molar refractivity (Wildman–Crippen MR) is 75.0 cm³/mol. The molecule has 0 radical (unpaired) electrons. The SMILES string of the molecule is CC.CCC(C)C.C[C@@H]1Nc2ccccc21. The molecule has 1 aliphatic heterocycles. The first-order valence-corrected chi connectivity index (χ1v) is 6.50. The van der Waals surface area contributed by atoms with Crippen molar-refractivity contribution in [1.82, 2.24) is 0 Å². The molecule has 1 N–H and O–H groups in total. The fraction of sp³-hybridized carbons (Fsp3) is 0.600. The van der Waals surface area contributed by atoms with Crippen molar-refractivity contribution in [2.75, 3.05) is 5.32 Å². The molecule has 1 heteroatoms. The fourth-order valence-electron chi connectivity index (χ4n) is 1.24. The summed E-state index contributed by atoms with van der Waals surface area (Å²) >= 11 is 0. The van der Waals surface area contributed by atoms with E-state index < -0.39 is 0 Å². The zero-order valence-electron chi connectivity index (χ0n) is 11.7. The lowest BCUT2D eigenvalue weighted by Gasteiger charge is -2.29. The quantitative estimate of drug-likeness (QED) is 0.682. The Morgan fingerprint density at radius 1 is 1.19 bits per heavy atom. The van der Waals surface area contributed by atoms with Crippen molar-refractivity contribution in [3.63, 3.8) is 0 Å². The Morgan fingerprint density at radius 3 is 2.00 bits per heavy atom. The van der Waals surface area contributed by atoms with E-state index in [4.69, 9.17) is 0 Å². The summed E-state index contributed by atoms with van der Waals surface area (Å²) in [6, 6.07) is 8.97. The number of para-hydroxylation sites is 1. The monoisotopic (exact) mass is 221 g/mol. The van der Waals surface area contributed by atoms with Gasteiger partial charge in [-0.2, -0.15) is 0 Å². The van der Waals surface area contributed by atoms with Gasteiger partial charge in [-0.1, -0.05) is 59.2 Å². The smallest absolute Gasteiger partial charge is 0.0506 e. The normalized spacial score (nSPS) is 15.6. The lowest BCUT2D eigenvalue weighted by atomic mass is 9.99. The van der Waals surface area contributed by atoms with Crippen LogP contribution in [0.1, 0.15) is 59.6 Å². The van der Waals surface area contributed by atoms with Crippen LogP contribution in [0.2, 0.25) is 0 Å². The third-order valence-corrected chi connectivity index (χ3v) is 2.62. The van der Waals surface area contributed by atoms with Gasteiger partial charge in [0.15, 0.2) is 0 Å². The topological polar surface area (TPSA) is 12.0 Å². The zero-order chi connectivity index (χ0) is 12.6. The van der Waals surface area contributed by atoms with E-state index in [2.05, 4.69) is 57.3 Å². The Bertz CT molecular complexity index is 279. The zero-order valence-corrected chi connectivity index (χ0v) is 11.7. The summed E-state index contributed by atoms with van der Waals surface area (Å²) in [4.78, 5) is 0. The van der Waals surface area contributed by atoms with E-state index in [9.17, 15) is 0 Å². The van der Waals surface area contributed by atoms with Gasteiger partial charge in [-0.3, -0.25) is 0 Å². The molecule has 1 aromatic carbocycles. The van der Waals surface area contributed by atoms with Gasteiger partial charge in [0.05, 0.1) is 6.04 Å². The van der Waals surface area contributed by atoms with Crippen LogP contribution in [-0.2, 0) is 0 Å². The average molecular weight is 221 g/mol. The highest BCUT2D eigenvalue weighted by molar-refractivity contribution is 5.62. The maximum atomic E-state index is 3.29. The van der Waals surface area contributed by atoms with Gasteiger partial charge in [0.1, 0.15) is 0 Å². The van der Waals surface area contributed by atoms with Gasteiger partial charge in [0, 0.05) is 5.69 Å². The molecule has 0 aliphatic carbocycles. The highest BCUT2D eigenvalue weighted by atomic mass is 15.0. The van der Waals surface area contributed by atoms with Crippen LogP contribution in [0.4, 0.5) is 5.69 Å². The molecule has 0 saturated carbocycles. The highest BCUT2D eigenvalue weighted by Crippen LogP contribution is 2.34. The van der Waals surface area contributed by atoms with E-state index in [1.807, 2.05) is 13.8 Å². The van der Waals surface area contributed by atoms with Gasteiger partial charge in [-0.05, 0) is 24.5 Å². The van der Waals surface area contributed by atoms with Crippen LogP contribution in [-0.4, -0.2) is 0 Å². The minimum Gasteiger partial charge on any atom is -0.378 e. The Labute approximate surface area is 101 Å². The Kier molecular flexibility index (Phi) is 7.70. The van der Waals surface area contributed by atoms with E-state index in [0.29, 0.717) is 6.04 Å². The number of anilines is 1. The number of hydrogen-bond donors (Lipinski definition) is 1. The van der Waals surface area contributed by atoms with Crippen LogP contribution in [0.5, 0.6) is 0 Å². The summed E-state index contributed by atoms with van der Waals surface area (Å²) in [7, 11) is 0. The second kappa shape index (κ2) is 8.20. The van der Waals surface area contributed by atoms with Crippen LogP contribution >= 0.6 is 0 Å². The summed E-state index contributed by atoms with van der Waals surface area (Å²) in [6.45, 7) is 12.8. The van der Waals surface area contributed by atoms with E-state index >= 15 is 0 Å². The lowest BCUT2D eigenvalue weighted by Crippen LogP contribution is -2.18. The van der Waals surface area contributed by atoms with Crippen molar-refractivity contribution < 1.29 is 0 Å². The minimum atomic E-state index is 0.571. The van der Waals surface area contributed by atoms with Gasteiger partial charge in [-0.25, -0.2) is 0 Å². The van der Waals surface area contributed by atoms with Crippen molar-refractivity contribution in [2.45, 2.75) is 54.0 Å². The number of rotatable bonds is 1. The van der Waals surface area contributed by atoms with Gasteiger partial charge in [0.2, 0.25) is 0 Å². The van der Waals surface area contributed by atoms with Crippen LogP contribution < -0.4 is 5.32 Å². The van der Waals surface area contributed by atoms with E-state index in [-0.39, 0.29) is 0 Å². The molecule has 0 spiro atoms. The molecule has 0 amide bonds. The second-order valence-corrected chi connectivity index (χ2v) is 4.26. The molecular formula is C15H27N. The van der Waals surface area contributed by atoms with Gasteiger partial charge in [-0.15, -0.1) is 0 Å². The fourth-order valence-corrected chi connectivity index (χ4v) is 1.24. The van der Waals surface area contributed by atoms with Crippen LogP contribution in [0.15, 0.2) is 24.3 Å².